The molecular formula is C4H6N2O2S. The number of nitriles is 1. The fraction of sp³-hybridized carbons (Fsp3) is 0.250. The molecule has 0 spiro atoms. The van der Waals surface area contributed by atoms with Crippen LogP contribution in [0.3, 0.4) is 0 Å². The van der Waals surface area contributed by atoms with E-state index in [2.05, 4.69) is 4.72 Å². The Hall–Kier alpha value is -0.860. The first kappa shape index (κ1) is 8.14. The molecule has 0 aromatic rings. The number of allylic oxidation sites excluding steroid dienone is 1. The molecule has 9 heavy (non-hydrogen) atoms. The molecule has 1 N–H and O–H groups in total. The second-order valence-corrected chi connectivity index (χ2v) is 1.98. The van der Waals surface area contributed by atoms with Crippen molar-refractivity contribution in [2.24, 2.45) is 0 Å². The van der Waals surface area contributed by atoms with Crippen LogP contribution in [0.1, 0.15) is 0 Å². The van der Waals surface area contributed by atoms with E-state index in [1.165, 1.54) is 12.2 Å². The Bertz CT molecular complexity index is 193. The minimum atomic E-state index is -2.53. The van der Waals surface area contributed by atoms with E-state index in [0.29, 0.717) is 0 Å². The quantitative estimate of drug-likeness (QED) is 0.404. The van der Waals surface area contributed by atoms with E-state index in [-0.39, 0.29) is 6.54 Å². The van der Waals surface area contributed by atoms with Crippen LogP contribution in [0.4, 0.5) is 0 Å². The molecular weight excluding hydrogens is 140 g/mol. The van der Waals surface area contributed by atoms with Crippen LogP contribution >= 0.6 is 0 Å². The first-order valence-electron chi connectivity index (χ1n) is 2.20. The number of nitrogens with zero attached hydrogens (tertiary/aromatic N) is 1. The summed E-state index contributed by atoms with van der Waals surface area (Å²) in [6.07, 6.45) is 2.64. The number of thiol groups is 1. The lowest BCUT2D eigenvalue weighted by molar-refractivity contribution is 0.605. The van der Waals surface area contributed by atoms with Gasteiger partial charge in [0.25, 0.3) is 0 Å². The Morgan fingerprint density at radius 2 is 2.33 bits per heavy atom. The molecule has 0 unspecified atom stereocenters. The smallest absolute Gasteiger partial charge is 0.201 e. The molecule has 0 saturated heterocycles. The molecule has 0 saturated carbocycles. The predicted octanol–water partition coefficient (Wildman–Crippen LogP) is -0.818. The first-order chi connectivity index (χ1) is 4.27. The van der Waals surface area contributed by atoms with Crippen LogP contribution in [0.25, 0.3) is 0 Å². The predicted molar refractivity (Wildman–Crippen MR) is 33.1 cm³/mol. The van der Waals surface area contributed by atoms with Crippen molar-refractivity contribution in [1.82, 2.24) is 4.72 Å². The van der Waals surface area contributed by atoms with E-state index < -0.39 is 10.9 Å². The highest BCUT2D eigenvalue weighted by molar-refractivity contribution is 7.70. The maximum atomic E-state index is 9.77. The van der Waals surface area contributed by atoms with Gasteiger partial charge in [0.2, 0.25) is 10.9 Å². The lowest BCUT2D eigenvalue weighted by Gasteiger charge is -1.82. The van der Waals surface area contributed by atoms with Gasteiger partial charge in [-0.05, 0) is 0 Å². The van der Waals surface area contributed by atoms with Gasteiger partial charge in [-0.2, -0.15) is 5.26 Å². The topological polar surface area (TPSA) is 70.0 Å². The maximum absolute atomic E-state index is 9.77. The molecule has 0 fully saturated rings. The maximum Gasteiger partial charge on any atom is 0.201 e. The summed E-state index contributed by atoms with van der Waals surface area (Å²) in [5.41, 5.74) is 0. The molecule has 0 aromatic heterocycles. The van der Waals surface area contributed by atoms with Crippen molar-refractivity contribution < 1.29 is 8.42 Å². The molecule has 50 valence electrons. The molecule has 5 heteroatoms. The van der Waals surface area contributed by atoms with Gasteiger partial charge in [0.15, 0.2) is 0 Å². The van der Waals surface area contributed by atoms with E-state index in [1.54, 1.807) is 6.07 Å². The Labute approximate surface area is 54.9 Å². The minimum absolute atomic E-state index is 0.187. The molecule has 0 radical (unpaired) electrons. The van der Waals surface area contributed by atoms with Gasteiger partial charge < -0.3 is 0 Å². The van der Waals surface area contributed by atoms with Crippen molar-refractivity contribution in [2.75, 3.05) is 6.54 Å². The second kappa shape index (κ2) is 5.28. The number of nitrogens with one attached hydrogen (secondary N) is 1. The van der Waals surface area contributed by atoms with Crippen molar-refractivity contribution in [2.45, 2.75) is 0 Å². The molecule has 0 aromatic carbocycles. The molecule has 0 amide bonds. The minimum Gasteiger partial charge on any atom is -0.216 e. The fourth-order valence-corrected chi connectivity index (χ4v) is 0.493. The lowest BCUT2D eigenvalue weighted by Crippen LogP contribution is -2.09. The highest BCUT2D eigenvalue weighted by Gasteiger charge is 1.76. The van der Waals surface area contributed by atoms with Crippen LogP contribution < -0.4 is 4.72 Å². The summed E-state index contributed by atoms with van der Waals surface area (Å²) < 4.78 is 21.6. The normalized spacial score (nSPS) is 10.2. The number of rotatable bonds is 3. The summed E-state index contributed by atoms with van der Waals surface area (Å²) >= 11 is 0. The number of hydrogen-bond donors (Lipinski definition) is 2. The van der Waals surface area contributed by atoms with Crippen molar-refractivity contribution in [3.63, 3.8) is 0 Å². The number of hydrogen-bond acceptors (Lipinski definition) is 3. The summed E-state index contributed by atoms with van der Waals surface area (Å²) in [4.78, 5) is 0. The standard InChI is InChI=1S/C4H6N2O2S/c5-3-1-2-4-6-9(7)8/h1-2,9H,4H2,(H,6,7,8). The van der Waals surface area contributed by atoms with Crippen LogP contribution in [0.15, 0.2) is 12.2 Å². The second-order valence-electron chi connectivity index (χ2n) is 1.15. The third kappa shape index (κ3) is 7.14. The average molecular weight is 146 g/mol. The third-order valence-corrected chi connectivity index (χ3v) is 0.971. The monoisotopic (exact) mass is 146 g/mol. The summed E-state index contributed by atoms with van der Waals surface area (Å²) in [5.74, 6) is 0. The fourth-order valence-electron chi connectivity index (χ4n) is 0.239. The van der Waals surface area contributed by atoms with Gasteiger partial charge in [0.05, 0.1) is 6.07 Å². The van der Waals surface area contributed by atoms with E-state index >= 15 is 0 Å². The molecule has 0 aliphatic rings. The molecule has 0 rings (SSSR count). The van der Waals surface area contributed by atoms with Crippen molar-refractivity contribution in [1.29, 1.82) is 5.26 Å². The van der Waals surface area contributed by atoms with E-state index in [4.69, 9.17) is 5.26 Å². The van der Waals surface area contributed by atoms with Gasteiger partial charge in [0, 0.05) is 12.6 Å². The molecule has 0 atom stereocenters. The first-order valence-corrected chi connectivity index (χ1v) is 3.37. The van der Waals surface area contributed by atoms with Crippen molar-refractivity contribution in [3.8, 4) is 6.07 Å². The molecule has 4 nitrogen and oxygen atoms in total. The van der Waals surface area contributed by atoms with E-state index in [9.17, 15) is 8.42 Å². The van der Waals surface area contributed by atoms with Gasteiger partial charge in [0.1, 0.15) is 0 Å². The highest BCUT2D eigenvalue weighted by atomic mass is 32.2. The molecule has 0 aliphatic heterocycles. The van der Waals surface area contributed by atoms with Crippen molar-refractivity contribution >= 4 is 10.9 Å². The van der Waals surface area contributed by atoms with Crippen LogP contribution in [0.5, 0.6) is 0 Å². The molecule has 0 bridgehead atoms. The zero-order valence-corrected chi connectivity index (χ0v) is 5.47. The van der Waals surface area contributed by atoms with Gasteiger partial charge >= 0.3 is 0 Å². The van der Waals surface area contributed by atoms with Gasteiger partial charge in [-0.3, -0.25) is 0 Å². The Balaban J connectivity index is 3.33. The highest BCUT2D eigenvalue weighted by Crippen LogP contribution is 1.65. The summed E-state index contributed by atoms with van der Waals surface area (Å²) in [5, 5.41) is 7.92. The summed E-state index contributed by atoms with van der Waals surface area (Å²) in [6, 6.07) is 1.72. The van der Waals surface area contributed by atoms with Gasteiger partial charge in [-0.15, -0.1) is 0 Å². The zero-order valence-electron chi connectivity index (χ0n) is 4.57. The van der Waals surface area contributed by atoms with Crippen LogP contribution in [0, 0.1) is 11.3 Å². The van der Waals surface area contributed by atoms with Crippen molar-refractivity contribution in [3.05, 3.63) is 12.2 Å². The zero-order chi connectivity index (χ0) is 7.11. The Morgan fingerprint density at radius 3 is 2.78 bits per heavy atom. The lowest BCUT2D eigenvalue weighted by atomic mass is 10.5. The largest absolute Gasteiger partial charge is 0.216 e. The van der Waals surface area contributed by atoms with Gasteiger partial charge in [-0.25, -0.2) is 13.1 Å². The summed E-state index contributed by atoms with van der Waals surface area (Å²) in [6.45, 7) is 0.187. The van der Waals surface area contributed by atoms with Crippen LogP contribution in [0.2, 0.25) is 0 Å². The molecule has 0 heterocycles. The average Bonchev–Trinajstić information content (AvgIpc) is 1.80. The Kier molecular flexibility index (Phi) is 4.78. The summed E-state index contributed by atoms with van der Waals surface area (Å²) in [7, 11) is -2.53. The van der Waals surface area contributed by atoms with Crippen LogP contribution in [-0.2, 0) is 10.9 Å². The third-order valence-electron chi connectivity index (χ3n) is 0.531. The van der Waals surface area contributed by atoms with Gasteiger partial charge in [-0.1, -0.05) is 6.08 Å². The van der Waals surface area contributed by atoms with Crippen LogP contribution in [-0.4, -0.2) is 15.0 Å². The molecule has 0 aliphatic carbocycles. The Morgan fingerprint density at radius 1 is 1.67 bits per heavy atom. The van der Waals surface area contributed by atoms with E-state index in [1.807, 2.05) is 0 Å². The SMILES string of the molecule is N#CC=CCN[SH](=O)=O. The van der Waals surface area contributed by atoms with E-state index in [0.717, 1.165) is 0 Å².